The average Bonchev–Trinajstić information content (AvgIpc) is 2.89. The minimum Gasteiger partial charge on any atom is -0.480 e. The molecule has 1 aliphatic rings. The van der Waals surface area contributed by atoms with Gasteiger partial charge in [0.2, 0.25) is 0 Å². The number of hydrogen-bond donors (Lipinski definition) is 1. The molecule has 2 rings (SSSR count). The highest BCUT2D eigenvalue weighted by Gasteiger charge is 2.39. The first kappa shape index (κ1) is 14.8. The monoisotopic (exact) mass is 311 g/mol. The van der Waals surface area contributed by atoms with Crippen molar-refractivity contribution in [3.63, 3.8) is 0 Å². The fraction of sp³-hybridized carbons (Fsp3) is 0.308. The minimum absolute atomic E-state index is 0.263. The molecule has 0 bridgehead atoms. The number of nitrogens with zero attached hydrogens (tertiary/aromatic N) is 1. The molecule has 7 heteroatoms. The highest BCUT2D eigenvalue weighted by atomic mass is 32.2. The first-order chi connectivity index (χ1) is 9.43. The molecule has 0 spiro atoms. The summed E-state index contributed by atoms with van der Waals surface area (Å²) in [5, 5.41) is 9.15. The van der Waals surface area contributed by atoms with Crippen molar-refractivity contribution in [3.8, 4) is 0 Å². The molecule has 106 valence electrons. The average molecular weight is 311 g/mol. The van der Waals surface area contributed by atoms with Crippen molar-refractivity contribution in [2.24, 2.45) is 0 Å². The van der Waals surface area contributed by atoms with Crippen molar-refractivity contribution in [1.29, 1.82) is 0 Å². The molecule has 2 heterocycles. The zero-order valence-corrected chi connectivity index (χ0v) is 12.6. The Kier molecular flexibility index (Phi) is 4.29. The fourth-order valence-corrected chi connectivity index (χ4v) is 3.21. The Bertz CT molecular complexity index is 605. The fourth-order valence-electron chi connectivity index (χ4n) is 1.88. The Morgan fingerprint density at radius 2 is 2.30 bits per heavy atom. The van der Waals surface area contributed by atoms with E-state index in [1.165, 1.54) is 0 Å². The first-order valence-corrected chi connectivity index (χ1v) is 7.22. The number of aliphatic carboxylic acids is 1. The van der Waals surface area contributed by atoms with Crippen molar-refractivity contribution < 1.29 is 19.1 Å². The molecule has 1 amide bonds. The molecule has 1 fully saturated rings. The second-order valence-electron chi connectivity index (χ2n) is 4.26. The number of carbonyl (C=O) groups is 2. The van der Waals surface area contributed by atoms with E-state index in [0.717, 1.165) is 22.4 Å². The van der Waals surface area contributed by atoms with Gasteiger partial charge < -0.3 is 9.52 Å². The van der Waals surface area contributed by atoms with Gasteiger partial charge in [0.05, 0.1) is 4.91 Å². The quantitative estimate of drug-likeness (QED) is 0.681. The van der Waals surface area contributed by atoms with Gasteiger partial charge >= 0.3 is 5.97 Å². The molecule has 1 aromatic heterocycles. The number of rotatable bonds is 4. The summed E-state index contributed by atoms with van der Waals surface area (Å²) in [5.74, 6) is -0.155. The Balaban J connectivity index is 2.29. The molecule has 5 nitrogen and oxygen atoms in total. The SMILES string of the molecule is CC[C@H](C(=O)O)N1C(=O)/C(=C\c2ccc(C)o2)SC1=S. The summed E-state index contributed by atoms with van der Waals surface area (Å²) >= 11 is 6.20. The summed E-state index contributed by atoms with van der Waals surface area (Å²) < 4.78 is 5.64. The largest absolute Gasteiger partial charge is 0.480 e. The summed E-state index contributed by atoms with van der Waals surface area (Å²) in [6.07, 6.45) is 1.88. The second kappa shape index (κ2) is 5.80. The smallest absolute Gasteiger partial charge is 0.326 e. The summed E-state index contributed by atoms with van der Waals surface area (Å²) in [6, 6.07) is 2.61. The maximum atomic E-state index is 12.3. The van der Waals surface area contributed by atoms with Crippen LogP contribution in [-0.4, -0.2) is 32.2 Å². The molecule has 1 saturated heterocycles. The van der Waals surface area contributed by atoms with Crippen LogP contribution in [0.5, 0.6) is 0 Å². The Morgan fingerprint density at radius 3 is 2.80 bits per heavy atom. The molecule has 20 heavy (non-hydrogen) atoms. The third kappa shape index (κ3) is 2.78. The molecule has 1 N–H and O–H groups in total. The van der Waals surface area contributed by atoms with E-state index in [9.17, 15) is 9.59 Å². The van der Waals surface area contributed by atoms with Crippen LogP contribution in [0.2, 0.25) is 0 Å². The second-order valence-corrected chi connectivity index (χ2v) is 5.94. The maximum absolute atomic E-state index is 12.3. The lowest BCUT2D eigenvalue weighted by Crippen LogP contribution is -2.43. The molecular formula is C13H13NO4S2. The van der Waals surface area contributed by atoms with Crippen molar-refractivity contribution in [1.82, 2.24) is 4.90 Å². The van der Waals surface area contributed by atoms with Crippen LogP contribution in [0.25, 0.3) is 6.08 Å². The van der Waals surface area contributed by atoms with E-state index in [2.05, 4.69) is 0 Å². The van der Waals surface area contributed by atoms with Gasteiger partial charge in [-0.1, -0.05) is 30.9 Å². The molecule has 1 aliphatic heterocycles. The molecule has 0 unspecified atom stereocenters. The highest BCUT2D eigenvalue weighted by Crippen LogP contribution is 2.34. The number of aryl methyl sites for hydroxylation is 1. The summed E-state index contributed by atoms with van der Waals surface area (Å²) in [4.78, 5) is 25.0. The number of carbonyl (C=O) groups excluding carboxylic acids is 1. The van der Waals surface area contributed by atoms with E-state index in [1.54, 1.807) is 32.1 Å². The van der Waals surface area contributed by atoms with E-state index in [0.29, 0.717) is 17.1 Å². The van der Waals surface area contributed by atoms with Crippen LogP contribution >= 0.6 is 24.0 Å². The molecule has 0 saturated carbocycles. The molecule has 1 aromatic rings. The van der Waals surface area contributed by atoms with E-state index in [1.807, 2.05) is 0 Å². The third-order valence-electron chi connectivity index (χ3n) is 2.84. The lowest BCUT2D eigenvalue weighted by molar-refractivity contribution is -0.145. The van der Waals surface area contributed by atoms with Gasteiger partial charge in [-0.3, -0.25) is 9.69 Å². The van der Waals surface area contributed by atoms with Crippen molar-refractivity contribution in [2.75, 3.05) is 0 Å². The van der Waals surface area contributed by atoms with Gasteiger partial charge in [-0.05, 0) is 25.5 Å². The predicted octanol–water partition coefficient (Wildman–Crippen LogP) is 2.65. The molecule has 0 radical (unpaired) electrons. The maximum Gasteiger partial charge on any atom is 0.326 e. The van der Waals surface area contributed by atoms with Crippen LogP contribution in [0.3, 0.4) is 0 Å². The van der Waals surface area contributed by atoms with E-state index < -0.39 is 12.0 Å². The topological polar surface area (TPSA) is 70.8 Å². The number of hydrogen-bond acceptors (Lipinski definition) is 5. The van der Waals surface area contributed by atoms with Crippen LogP contribution in [0.1, 0.15) is 24.9 Å². The lowest BCUT2D eigenvalue weighted by atomic mass is 10.2. The lowest BCUT2D eigenvalue weighted by Gasteiger charge is -2.21. The third-order valence-corrected chi connectivity index (χ3v) is 4.17. The Hall–Kier alpha value is -1.60. The van der Waals surface area contributed by atoms with Gasteiger partial charge in [-0.15, -0.1) is 0 Å². The van der Waals surface area contributed by atoms with Crippen molar-refractivity contribution >= 4 is 46.3 Å². The highest BCUT2D eigenvalue weighted by molar-refractivity contribution is 8.26. The molecular weight excluding hydrogens is 298 g/mol. The van der Waals surface area contributed by atoms with Crippen LogP contribution in [0, 0.1) is 6.92 Å². The van der Waals surface area contributed by atoms with E-state index in [4.69, 9.17) is 21.7 Å². The Morgan fingerprint density at radius 1 is 1.60 bits per heavy atom. The van der Waals surface area contributed by atoms with Gasteiger partial charge in [0.15, 0.2) is 0 Å². The number of thioether (sulfide) groups is 1. The Labute approximate surface area is 125 Å². The van der Waals surface area contributed by atoms with Crippen LogP contribution in [-0.2, 0) is 9.59 Å². The molecule has 0 aliphatic carbocycles. The zero-order chi connectivity index (χ0) is 14.9. The summed E-state index contributed by atoms with van der Waals surface area (Å²) in [6.45, 7) is 3.51. The predicted molar refractivity (Wildman–Crippen MR) is 80.2 cm³/mol. The van der Waals surface area contributed by atoms with Crippen LogP contribution in [0.15, 0.2) is 21.5 Å². The van der Waals surface area contributed by atoms with Gasteiger partial charge in [0.25, 0.3) is 5.91 Å². The van der Waals surface area contributed by atoms with Crippen LogP contribution in [0.4, 0.5) is 0 Å². The van der Waals surface area contributed by atoms with E-state index in [-0.39, 0.29) is 10.2 Å². The van der Waals surface area contributed by atoms with Crippen molar-refractivity contribution in [3.05, 3.63) is 28.6 Å². The minimum atomic E-state index is -1.06. The standard InChI is InChI=1S/C13H13NO4S2/c1-3-9(12(16)17)14-11(15)10(20-13(14)19)6-8-5-4-7(2)18-8/h4-6,9H,3H2,1-2H3,(H,16,17)/b10-6+/t9-/m1/s1. The number of furan rings is 1. The van der Waals surface area contributed by atoms with Gasteiger partial charge in [-0.2, -0.15) is 0 Å². The number of thiocarbonyl (C=S) groups is 1. The summed E-state index contributed by atoms with van der Waals surface area (Å²) in [5.41, 5.74) is 0. The number of carboxylic acids is 1. The van der Waals surface area contributed by atoms with Gasteiger partial charge in [0.1, 0.15) is 21.9 Å². The normalized spacial score (nSPS) is 18.9. The zero-order valence-electron chi connectivity index (χ0n) is 11.0. The summed E-state index contributed by atoms with van der Waals surface area (Å²) in [7, 11) is 0. The van der Waals surface area contributed by atoms with Gasteiger partial charge in [0, 0.05) is 6.08 Å². The van der Waals surface area contributed by atoms with Crippen molar-refractivity contribution in [2.45, 2.75) is 26.3 Å². The number of amides is 1. The van der Waals surface area contributed by atoms with Crippen LogP contribution < -0.4 is 0 Å². The molecule has 0 aromatic carbocycles. The molecule has 1 atom stereocenters. The van der Waals surface area contributed by atoms with E-state index >= 15 is 0 Å². The first-order valence-electron chi connectivity index (χ1n) is 6.00. The number of carboxylic acid groups (broad SMARTS) is 1. The van der Waals surface area contributed by atoms with Gasteiger partial charge in [-0.25, -0.2) is 4.79 Å².